The third-order valence-corrected chi connectivity index (χ3v) is 8.48. The fourth-order valence-corrected chi connectivity index (χ4v) is 5.95. The highest BCUT2D eigenvalue weighted by Crippen LogP contribution is 2.26. The van der Waals surface area contributed by atoms with Gasteiger partial charge in [-0.05, 0) is 60.6 Å². The second-order valence-corrected chi connectivity index (χ2v) is 12.5. The van der Waals surface area contributed by atoms with Crippen molar-refractivity contribution in [3.8, 4) is 5.75 Å². The molecule has 0 fully saturated rings. The zero-order valence-electron chi connectivity index (χ0n) is 25.5. The number of thioether (sulfide) groups is 1. The number of carbonyl (C=O) groups is 2. The molecule has 2 aromatic carbocycles. The van der Waals surface area contributed by atoms with Gasteiger partial charge in [0.05, 0.1) is 24.5 Å². The Hall–Kier alpha value is -2.73. The van der Waals surface area contributed by atoms with Crippen LogP contribution in [0.5, 0.6) is 5.75 Å². The Labute approximate surface area is 252 Å². The highest BCUT2D eigenvalue weighted by Gasteiger charge is 2.13. The number of nitrogens with one attached hydrogen (secondary N) is 1. The second kappa shape index (κ2) is 18.7. The molecule has 0 aliphatic carbocycles. The summed E-state index contributed by atoms with van der Waals surface area (Å²) in [6.07, 6.45) is 18.0. The number of nitrogens with zero attached hydrogens (tertiary/aromatic N) is 1. The standard InChI is InChI=1S/C35H50N2O3S/c1-4-5-6-7-8-9-10-11-12-13-14-15-21-40-34-20-19-30(23-33(34)29(3)38)24-35(39)36-32-18-16-17-31(22-32)26-37-25-28(2)41-27-37/h16-20,22-23,25H,4-15,21,24,26-27H2,1-3H3,(H,36,39). The van der Waals surface area contributed by atoms with E-state index < -0.39 is 0 Å². The number of hydrogen-bond acceptors (Lipinski definition) is 5. The lowest BCUT2D eigenvalue weighted by Gasteiger charge is -2.15. The van der Waals surface area contributed by atoms with Gasteiger partial charge in [0.25, 0.3) is 0 Å². The van der Waals surface area contributed by atoms with Crippen molar-refractivity contribution in [2.75, 3.05) is 17.8 Å². The lowest BCUT2D eigenvalue weighted by Crippen LogP contribution is -2.16. The predicted octanol–water partition coefficient (Wildman–Crippen LogP) is 9.52. The maximum absolute atomic E-state index is 12.8. The summed E-state index contributed by atoms with van der Waals surface area (Å²) in [5, 5.41) is 3.01. The van der Waals surface area contributed by atoms with Crippen LogP contribution in [0.2, 0.25) is 0 Å². The van der Waals surface area contributed by atoms with Crippen LogP contribution in [-0.4, -0.2) is 29.1 Å². The van der Waals surface area contributed by atoms with Gasteiger partial charge < -0.3 is 15.0 Å². The van der Waals surface area contributed by atoms with Gasteiger partial charge in [0.2, 0.25) is 5.91 Å². The average Bonchev–Trinajstić information content (AvgIpc) is 3.36. The predicted molar refractivity (Wildman–Crippen MR) is 174 cm³/mol. The third-order valence-electron chi connectivity index (χ3n) is 7.46. The minimum Gasteiger partial charge on any atom is -0.493 e. The molecule has 3 rings (SSSR count). The highest BCUT2D eigenvalue weighted by molar-refractivity contribution is 8.03. The summed E-state index contributed by atoms with van der Waals surface area (Å²) in [4.78, 5) is 28.7. The van der Waals surface area contributed by atoms with Crippen molar-refractivity contribution < 1.29 is 14.3 Å². The van der Waals surface area contributed by atoms with E-state index in [2.05, 4.69) is 36.3 Å². The highest BCUT2D eigenvalue weighted by atomic mass is 32.2. The van der Waals surface area contributed by atoms with Crippen LogP contribution in [-0.2, 0) is 17.8 Å². The van der Waals surface area contributed by atoms with Gasteiger partial charge in [-0.1, -0.05) is 95.8 Å². The Morgan fingerprint density at radius 1 is 0.878 bits per heavy atom. The van der Waals surface area contributed by atoms with Crippen molar-refractivity contribution >= 4 is 29.1 Å². The van der Waals surface area contributed by atoms with Crippen LogP contribution in [0.3, 0.4) is 0 Å². The van der Waals surface area contributed by atoms with Crippen LogP contribution in [0.1, 0.15) is 119 Å². The van der Waals surface area contributed by atoms with Crippen molar-refractivity contribution in [2.24, 2.45) is 0 Å². The van der Waals surface area contributed by atoms with Gasteiger partial charge in [0, 0.05) is 18.4 Å². The Bertz CT molecular complexity index is 1130. The summed E-state index contributed by atoms with van der Waals surface area (Å²) >= 11 is 1.84. The molecule has 224 valence electrons. The molecule has 0 aromatic heterocycles. The van der Waals surface area contributed by atoms with E-state index >= 15 is 0 Å². The molecule has 0 bridgehead atoms. The molecule has 1 N–H and O–H groups in total. The van der Waals surface area contributed by atoms with Crippen molar-refractivity contribution in [3.05, 3.63) is 70.3 Å². The summed E-state index contributed by atoms with van der Waals surface area (Å²) in [6, 6.07) is 13.5. The quantitative estimate of drug-likeness (QED) is 0.125. The molecule has 0 saturated carbocycles. The largest absolute Gasteiger partial charge is 0.493 e. The number of allylic oxidation sites excluding steroid dienone is 1. The number of unbranched alkanes of at least 4 members (excludes halogenated alkanes) is 11. The van der Waals surface area contributed by atoms with E-state index in [1.807, 2.05) is 42.1 Å². The van der Waals surface area contributed by atoms with Gasteiger partial charge in [0.15, 0.2) is 5.78 Å². The molecule has 2 aromatic rings. The summed E-state index contributed by atoms with van der Waals surface area (Å²) in [5.74, 6) is 1.42. The lowest BCUT2D eigenvalue weighted by atomic mass is 10.0. The molecule has 1 amide bonds. The SMILES string of the molecule is CCCCCCCCCCCCCCOc1ccc(CC(=O)Nc2cccc(CN3C=C(C)SC3)c2)cc1C(C)=O. The first-order chi connectivity index (χ1) is 19.9. The number of hydrogen-bond donors (Lipinski definition) is 1. The Balaban J connectivity index is 1.37. The fourth-order valence-electron chi connectivity index (χ4n) is 5.19. The fraction of sp³-hybridized carbons (Fsp3) is 0.543. The summed E-state index contributed by atoms with van der Waals surface area (Å²) in [6.45, 7) is 7.37. The molecule has 1 aliphatic heterocycles. The van der Waals surface area contributed by atoms with Gasteiger partial charge >= 0.3 is 0 Å². The first-order valence-corrected chi connectivity index (χ1v) is 16.6. The van der Waals surface area contributed by atoms with Crippen LogP contribution in [0.4, 0.5) is 5.69 Å². The number of ether oxygens (including phenoxy) is 1. The molecule has 5 nitrogen and oxygen atoms in total. The molecule has 0 atom stereocenters. The van der Waals surface area contributed by atoms with Gasteiger partial charge in [-0.15, -0.1) is 11.8 Å². The van der Waals surface area contributed by atoms with Gasteiger partial charge in [0.1, 0.15) is 5.75 Å². The molecule has 1 aliphatic rings. The third kappa shape index (κ3) is 12.8. The average molecular weight is 579 g/mol. The number of anilines is 1. The van der Waals surface area contributed by atoms with Crippen LogP contribution >= 0.6 is 11.8 Å². The summed E-state index contributed by atoms with van der Waals surface area (Å²) in [5.41, 5.74) is 3.29. The zero-order chi connectivity index (χ0) is 29.3. The maximum Gasteiger partial charge on any atom is 0.228 e. The molecule has 1 heterocycles. The van der Waals surface area contributed by atoms with E-state index in [9.17, 15) is 9.59 Å². The van der Waals surface area contributed by atoms with Gasteiger partial charge in [-0.3, -0.25) is 9.59 Å². The van der Waals surface area contributed by atoms with E-state index in [0.29, 0.717) is 17.9 Å². The number of ketones is 1. The zero-order valence-corrected chi connectivity index (χ0v) is 26.3. The van der Waals surface area contributed by atoms with Crippen LogP contribution in [0.15, 0.2) is 53.6 Å². The minimum absolute atomic E-state index is 0.0472. The van der Waals surface area contributed by atoms with Gasteiger partial charge in [-0.25, -0.2) is 0 Å². The topological polar surface area (TPSA) is 58.6 Å². The summed E-state index contributed by atoms with van der Waals surface area (Å²) < 4.78 is 5.99. The first-order valence-electron chi connectivity index (χ1n) is 15.7. The molecule has 0 spiro atoms. The van der Waals surface area contributed by atoms with Crippen molar-refractivity contribution in [1.29, 1.82) is 0 Å². The Morgan fingerprint density at radius 2 is 1.56 bits per heavy atom. The molecule has 0 radical (unpaired) electrons. The number of amides is 1. The van der Waals surface area contributed by atoms with Crippen LogP contribution in [0, 0.1) is 0 Å². The molecular weight excluding hydrogens is 528 g/mol. The van der Waals surface area contributed by atoms with Crippen LogP contribution < -0.4 is 10.1 Å². The molecule has 6 heteroatoms. The Kier molecular flexibility index (Phi) is 14.9. The number of benzene rings is 2. The van der Waals surface area contributed by atoms with E-state index in [1.165, 1.54) is 69.1 Å². The Morgan fingerprint density at radius 3 is 2.20 bits per heavy atom. The molecule has 0 saturated heterocycles. The first kappa shape index (κ1) is 32.8. The lowest BCUT2D eigenvalue weighted by molar-refractivity contribution is -0.115. The maximum atomic E-state index is 12.8. The molecule has 41 heavy (non-hydrogen) atoms. The number of carbonyl (C=O) groups excluding carboxylic acids is 2. The summed E-state index contributed by atoms with van der Waals surface area (Å²) in [7, 11) is 0. The van der Waals surface area contributed by atoms with E-state index in [-0.39, 0.29) is 18.1 Å². The molecule has 0 unspecified atom stereocenters. The smallest absolute Gasteiger partial charge is 0.228 e. The molecular formula is C35H50N2O3S. The van der Waals surface area contributed by atoms with Crippen molar-refractivity contribution in [1.82, 2.24) is 4.90 Å². The minimum atomic E-state index is -0.103. The van der Waals surface area contributed by atoms with Crippen LogP contribution in [0.25, 0.3) is 0 Å². The monoisotopic (exact) mass is 578 g/mol. The van der Waals surface area contributed by atoms with E-state index in [4.69, 9.17) is 4.74 Å². The van der Waals surface area contributed by atoms with Crippen molar-refractivity contribution in [2.45, 2.75) is 111 Å². The van der Waals surface area contributed by atoms with E-state index in [1.54, 1.807) is 13.0 Å². The normalized spacial score (nSPS) is 12.9. The van der Waals surface area contributed by atoms with Gasteiger partial charge in [-0.2, -0.15) is 0 Å². The number of Topliss-reactive ketones (excluding diaryl/α,β-unsaturated/α-hetero) is 1. The van der Waals surface area contributed by atoms with Crippen molar-refractivity contribution in [3.63, 3.8) is 0 Å². The number of rotatable bonds is 20. The van der Waals surface area contributed by atoms with E-state index in [0.717, 1.165) is 42.1 Å². The second-order valence-electron chi connectivity index (χ2n) is 11.3.